The predicted molar refractivity (Wildman–Crippen MR) is 92.1 cm³/mol. The van der Waals surface area contributed by atoms with Crippen LogP contribution in [0, 0.1) is 10.1 Å². The highest BCUT2D eigenvalue weighted by atomic mass is 32.1. The molecule has 0 spiro atoms. The number of non-ortho nitro benzene ring substituents is 1. The topological polar surface area (TPSA) is 132 Å². The minimum atomic E-state index is -1.37. The van der Waals surface area contributed by atoms with Crippen molar-refractivity contribution in [2.45, 2.75) is 18.4 Å². The van der Waals surface area contributed by atoms with Crippen molar-refractivity contribution >= 4 is 28.9 Å². The number of carboxylic acids is 1. The molecule has 10 heteroatoms. The summed E-state index contributed by atoms with van der Waals surface area (Å²) in [5, 5.41) is 24.9. The lowest BCUT2D eigenvalue weighted by Crippen LogP contribution is -2.57. The number of nitro groups is 1. The molecular weight excluding hydrogens is 362 g/mol. The van der Waals surface area contributed by atoms with E-state index in [1.807, 2.05) is 0 Å². The van der Waals surface area contributed by atoms with E-state index in [0.29, 0.717) is 10.6 Å². The van der Waals surface area contributed by atoms with Gasteiger partial charge in [-0.3, -0.25) is 14.9 Å². The lowest BCUT2D eigenvalue weighted by atomic mass is 9.90. The first kappa shape index (κ1) is 18.0. The fourth-order valence-electron chi connectivity index (χ4n) is 2.66. The normalized spacial score (nSPS) is 16.0. The van der Waals surface area contributed by atoms with E-state index in [0.717, 1.165) is 11.3 Å². The number of aromatic nitrogens is 1. The van der Waals surface area contributed by atoms with E-state index in [-0.39, 0.29) is 37.4 Å². The second-order valence-electron chi connectivity index (χ2n) is 5.80. The minimum absolute atomic E-state index is 0.0728. The second kappa shape index (κ2) is 7.18. The van der Waals surface area contributed by atoms with Crippen molar-refractivity contribution in [3.8, 4) is 10.6 Å². The maximum absolute atomic E-state index is 12.5. The Hall–Kier alpha value is -2.85. The average Bonchev–Trinajstić information content (AvgIpc) is 3.13. The number of nitro benzene ring substituents is 1. The number of carboxylic acid groups (broad SMARTS) is 1. The molecule has 136 valence electrons. The lowest BCUT2D eigenvalue weighted by Gasteiger charge is -2.33. The third-order valence-electron chi connectivity index (χ3n) is 4.15. The third kappa shape index (κ3) is 3.55. The van der Waals surface area contributed by atoms with Gasteiger partial charge in [-0.2, -0.15) is 0 Å². The zero-order chi connectivity index (χ0) is 18.7. The number of carbonyl (C=O) groups excluding carboxylic acids is 1. The Bertz CT molecular complexity index is 859. The zero-order valence-electron chi connectivity index (χ0n) is 13.5. The summed E-state index contributed by atoms with van der Waals surface area (Å²) in [6.07, 6.45) is 0.353. The van der Waals surface area contributed by atoms with E-state index in [1.165, 1.54) is 23.6 Å². The van der Waals surface area contributed by atoms with E-state index in [2.05, 4.69) is 10.3 Å². The van der Waals surface area contributed by atoms with Crippen LogP contribution in [0.5, 0.6) is 0 Å². The summed E-state index contributed by atoms with van der Waals surface area (Å²) in [5.74, 6) is -1.70. The Morgan fingerprint density at radius 1 is 1.35 bits per heavy atom. The molecule has 0 aliphatic carbocycles. The van der Waals surface area contributed by atoms with E-state index in [1.54, 1.807) is 6.07 Å². The van der Waals surface area contributed by atoms with Gasteiger partial charge >= 0.3 is 5.97 Å². The number of hydrogen-bond donors (Lipinski definition) is 2. The highest BCUT2D eigenvalue weighted by molar-refractivity contribution is 7.13. The van der Waals surface area contributed by atoms with Gasteiger partial charge in [0.2, 0.25) is 0 Å². The number of aliphatic carboxylic acids is 1. The Labute approximate surface area is 151 Å². The number of ether oxygens (including phenoxy) is 1. The number of nitrogens with zero attached hydrogens (tertiary/aromatic N) is 2. The van der Waals surface area contributed by atoms with Crippen molar-refractivity contribution in [3.63, 3.8) is 0 Å². The molecule has 1 aliphatic heterocycles. The van der Waals surface area contributed by atoms with Gasteiger partial charge in [0, 0.05) is 49.1 Å². The fourth-order valence-corrected chi connectivity index (χ4v) is 3.45. The van der Waals surface area contributed by atoms with E-state index in [9.17, 15) is 24.8 Å². The van der Waals surface area contributed by atoms with Crippen LogP contribution in [0.25, 0.3) is 10.6 Å². The molecule has 1 saturated heterocycles. The van der Waals surface area contributed by atoms with Crippen molar-refractivity contribution < 1.29 is 24.4 Å². The SMILES string of the molecule is O=C(NC1(C(=O)O)CCOCC1)c1csc(-c2cccc([N+](=O)[O-])c2)n1. The van der Waals surface area contributed by atoms with Crippen LogP contribution in [0.1, 0.15) is 23.3 Å². The van der Waals surface area contributed by atoms with Crippen LogP contribution in [-0.2, 0) is 9.53 Å². The number of rotatable bonds is 5. The highest BCUT2D eigenvalue weighted by Crippen LogP contribution is 2.28. The Kier molecular flexibility index (Phi) is 4.96. The van der Waals surface area contributed by atoms with Crippen molar-refractivity contribution in [1.29, 1.82) is 0 Å². The molecule has 2 aromatic rings. The lowest BCUT2D eigenvalue weighted by molar-refractivity contribution is -0.384. The van der Waals surface area contributed by atoms with Gasteiger partial charge in [0.1, 0.15) is 16.2 Å². The smallest absolute Gasteiger partial charge is 0.329 e. The molecule has 0 saturated carbocycles. The monoisotopic (exact) mass is 377 g/mol. The van der Waals surface area contributed by atoms with Crippen molar-refractivity contribution in [3.05, 3.63) is 45.5 Å². The van der Waals surface area contributed by atoms with Crippen LogP contribution in [0.4, 0.5) is 5.69 Å². The number of thiazole rings is 1. The van der Waals surface area contributed by atoms with Gasteiger partial charge in [-0.1, -0.05) is 12.1 Å². The van der Waals surface area contributed by atoms with E-state index in [4.69, 9.17) is 4.74 Å². The predicted octanol–water partition coefficient (Wildman–Crippen LogP) is 2.08. The maximum atomic E-state index is 12.5. The quantitative estimate of drug-likeness (QED) is 0.602. The Morgan fingerprint density at radius 2 is 2.08 bits per heavy atom. The molecule has 0 atom stereocenters. The van der Waals surface area contributed by atoms with Crippen LogP contribution in [0.15, 0.2) is 29.6 Å². The number of benzene rings is 1. The molecule has 1 amide bonds. The van der Waals surface area contributed by atoms with Crippen LogP contribution >= 0.6 is 11.3 Å². The number of hydrogen-bond acceptors (Lipinski definition) is 7. The first-order valence-electron chi connectivity index (χ1n) is 7.75. The largest absolute Gasteiger partial charge is 0.480 e. The molecule has 1 aromatic carbocycles. The number of amides is 1. The summed E-state index contributed by atoms with van der Waals surface area (Å²) in [6, 6.07) is 5.94. The van der Waals surface area contributed by atoms with Crippen molar-refractivity contribution in [2.24, 2.45) is 0 Å². The van der Waals surface area contributed by atoms with Crippen molar-refractivity contribution in [1.82, 2.24) is 10.3 Å². The van der Waals surface area contributed by atoms with E-state index >= 15 is 0 Å². The average molecular weight is 377 g/mol. The molecule has 9 nitrogen and oxygen atoms in total. The highest BCUT2D eigenvalue weighted by Gasteiger charge is 2.42. The minimum Gasteiger partial charge on any atom is -0.480 e. The van der Waals surface area contributed by atoms with E-state index < -0.39 is 22.3 Å². The Morgan fingerprint density at radius 3 is 2.73 bits per heavy atom. The summed E-state index contributed by atoms with van der Waals surface area (Å²) < 4.78 is 5.17. The summed E-state index contributed by atoms with van der Waals surface area (Å²) in [4.78, 5) is 38.6. The first-order chi connectivity index (χ1) is 12.4. The van der Waals surface area contributed by atoms with Crippen LogP contribution < -0.4 is 5.32 Å². The van der Waals surface area contributed by atoms with Crippen molar-refractivity contribution in [2.75, 3.05) is 13.2 Å². The van der Waals surface area contributed by atoms with Gasteiger partial charge in [-0.25, -0.2) is 9.78 Å². The van der Waals surface area contributed by atoms with Crippen LogP contribution in [0.3, 0.4) is 0 Å². The summed E-state index contributed by atoms with van der Waals surface area (Å²) in [6.45, 7) is 0.505. The van der Waals surface area contributed by atoms with Crippen LogP contribution in [-0.4, -0.2) is 45.6 Å². The van der Waals surface area contributed by atoms with Gasteiger partial charge in [0.25, 0.3) is 11.6 Å². The maximum Gasteiger partial charge on any atom is 0.329 e. The summed E-state index contributed by atoms with van der Waals surface area (Å²) in [5.41, 5.74) is -0.855. The molecule has 26 heavy (non-hydrogen) atoms. The molecule has 0 radical (unpaired) electrons. The number of nitrogens with one attached hydrogen (secondary N) is 1. The molecule has 1 fully saturated rings. The van der Waals surface area contributed by atoms with Gasteiger partial charge in [-0.15, -0.1) is 11.3 Å². The second-order valence-corrected chi connectivity index (χ2v) is 6.66. The molecule has 3 rings (SSSR count). The van der Waals surface area contributed by atoms with Gasteiger partial charge < -0.3 is 15.2 Å². The summed E-state index contributed by atoms with van der Waals surface area (Å²) >= 11 is 1.15. The Balaban J connectivity index is 1.81. The molecule has 1 aliphatic rings. The van der Waals surface area contributed by atoms with Gasteiger partial charge in [0.15, 0.2) is 0 Å². The van der Waals surface area contributed by atoms with Gasteiger partial charge in [-0.05, 0) is 0 Å². The molecule has 0 unspecified atom stereocenters. The first-order valence-corrected chi connectivity index (χ1v) is 8.63. The number of carbonyl (C=O) groups is 2. The van der Waals surface area contributed by atoms with Gasteiger partial charge in [0.05, 0.1) is 4.92 Å². The molecule has 2 heterocycles. The van der Waals surface area contributed by atoms with Crippen LogP contribution in [0.2, 0.25) is 0 Å². The zero-order valence-corrected chi connectivity index (χ0v) is 14.3. The molecule has 2 N–H and O–H groups in total. The fraction of sp³-hybridized carbons (Fsp3) is 0.312. The molecule has 0 bridgehead atoms. The third-order valence-corrected chi connectivity index (χ3v) is 5.04. The standard InChI is InChI=1S/C16H15N3O6S/c20-13(18-16(15(21)22)4-6-25-7-5-16)12-9-26-14(17-12)10-2-1-3-11(8-10)19(23)24/h1-3,8-9H,4-7H2,(H,18,20)(H,21,22). The molecular formula is C16H15N3O6S. The molecule has 1 aromatic heterocycles. The summed E-state index contributed by atoms with van der Waals surface area (Å²) in [7, 11) is 0.